The molecule has 4 aromatic carbocycles. The quantitative estimate of drug-likeness (QED) is 0.113. The Morgan fingerprint density at radius 3 is 1.32 bits per heavy atom. The molecule has 0 atom stereocenters. The van der Waals surface area contributed by atoms with Crippen molar-refractivity contribution in [1.29, 1.82) is 0 Å². The first-order valence-electron chi connectivity index (χ1n) is 20.6. The second-order valence-electron chi connectivity index (χ2n) is 15.5. The number of unbranched alkanes of at least 4 members (excludes halogenated alkanes) is 2. The van der Waals surface area contributed by atoms with Crippen LogP contribution in [0.4, 0.5) is 0 Å². The molecule has 7 nitrogen and oxygen atoms in total. The smallest absolute Gasteiger partial charge is 0.303 e. The molecule has 0 unspecified atom stereocenters. The highest BCUT2D eigenvalue weighted by Gasteiger charge is 2.20. The summed E-state index contributed by atoms with van der Waals surface area (Å²) in [5.41, 5.74) is 19.1. The Morgan fingerprint density at radius 1 is 0.500 bits per heavy atom. The van der Waals surface area contributed by atoms with Gasteiger partial charge in [-0.1, -0.05) is 84.9 Å². The molecule has 2 aliphatic rings. The molecule has 0 radical (unpaired) electrons. The van der Waals surface area contributed by atoms with Crippen LogP contribution in [0, 0.1) is 20.8 Å². The highest BCUT2D eigenvalue weighted by Crippen LogP contribution is 2.40. The number of hydrogen-bond acceptors (Lipinski definition) is 4. The van der Waals surface area contributed by atoms with Crippen molar-refractivity contribution in [3.05, 3.63) is 161 Å². The van der Waals surface area contributed by atoms with E-state index in [1.807, 2.05) is 12.1 Å². The van der Waals surface area contributed by atoms with Crippen LogP contribution >= 0.6 is 0 Å². The first-order valence-corrected chi connectivity index (χ1v) is 20.6. The van der Waals surface area contributed by atoms with Crippen LogP contribution in [-0.4, -0.2) is 37.6 Å². The summed E-state index contributed by atoms with van der Waals surface area (Å²) in [6.07, 6.45) is 11.0. The Hall–Kier alpha value is -7.25. The van der Waals surface area contributed by atoms with E-state index in [2.05, 4.69) is 164 Å². The van der Waals surface area contributed by atoms with Crippen molar-refractivity contribution >= 4 is 52.3 Å². The predicted molar refractivity (Wildman–Crippen MR) is 246 cm³/mol. The van der Waals surface area contributed by atoms with Crippen LogP contribution < -0.4 is 4.74 Å². The first-order chi connectivity index (χ1) is 29.3. The van der Waals surface area contributed by atoms with E-state index in [4.69, 9.17) is 19.8 Å². The number of carboxylic acids is 1. The van der Waals surface area contributed by atoms with Gasteiger partial charge in [0.15, 0.2) is 0 Å². The number of H-pyrrole nitrogens is 2. The van der Waals surface area contributed by atoms with Crippen LogP contribution in [0.1, 0.15) is 65.1 Å². The highest BCUT2D eigenvalue weighted by molar-refractivity contribution is 6.00. The molecule has 0 fully saturated rings. The summed E-state index contributed by atoms with van der Waals surface area (Å²) in [6.45, 7) is 6.98. The number of benzene rings is 4. The average molecular weight is 787 g/mol. The van der Waals surface area contributed by atoms with Crippen molar-refractivity contribution in [1.82, 2.24) is 19.9 Å². The lowest BCUT2D eigenvalue weighted by Crippen LogP contribution is -1.99. The lowest BCUT2D eigenvalue weighted by Gasteiger charge is -2.10. The Balaban J connectivity index is 1.32. The zero-order chi connectivity index (χ0) is 41.2. The van der Waals surface area contributed by atoms with E-state index in [9.17, 15) is 4.79 Å². The molecular weight excluding hydrogens is 741 g/mol. The maximum Gasteiger partial charge on any atom is 0.303 e. The van der Waals surface area contributed by atoms with Crippen molar-refractivity contribution in [2.75, 3.05) is 6.61 Å². The van der Waals surface area contributed by atoms with Gasteiger partial charge in [-0.15, -0.1) is 0 Å². The number of nitrogens with zero attached hydrogens (tertiary/aromatic N) is 2. The zero-order valence-corrected chi connectivity index (χ0v) is 34.1. The van der Waals surface area contributed by atoms with Gasteiger partial charge in [0.05, 0.1) is 29.4 Å². The number of aliphatic carboxylic acids is 1. The number of hydrogen-bond donors (Lipinski definition) is 3. The molecule has 3 aromatic heterocycles. The third-order valence-electron chi connectivity index (χ3n) is 11.4. The number of aromatic nitrogens is 4. The molecule has 3 N–H and O–H groups in total. The molecule has 0 spiro atoms. The normalized spacial score (nSPS) is 11.9. The Labute approximate surface area is 349 Å². The number of aromatic amines is 2. The average Bonchev–Trinajstić information content (AvgIpc) is 4.10. The van der Waals surface area contributed by atoms with Crippen LogP contribution in [0.15, 0.2) is 121 Å². The van der Waals surface area contributed by atoms with Crippen molar-refractivity contribution in [2.45, 2.75) is 46.5 Å². The van der Waals surface area contributed by atoms with E-state index < -0.39 is 5.97 Å². The molecule has 0 saturated carbocycles. The molecule has 296 valence electrons. The monoisotopic (exact) mass is 786 g/mol. The second-order valence-corrected chi connectivity index (χ2v) is 15.5. The molecule has 0 saturated heterocycles. The zero-order valence-electron chi connectivity index (χ0n) is 34.1. The fourth-order valence-corrected chi connectivity index (χ4v) is 8.38. The van der Waals surface area contributed by atoms with Gasteiger partial charge in [-0.2, -0.15) is 0 Å². The van der Waals surface area contributed by atoms with Gasteiger partial charge in [0.1, 0.15) is 5.75 Å². The largest absolute Gasteiger partial charge is 0.494 e. The summed E-state index contributed by atoms with van der Waals surface area (Å²) < 4.78 is 6.09. The molecule has 0 aliphatic carbocycles. The number of ether oxygens (including phenoxy) is 1. The maximum absolute atomic E-state index is 10.9. The molecule has 9 rings (SSSR count). The number of carboxylic acid groups (broad SMARTS) is 1. The molecule has 5 heterocycles. The lowest BCUT2D eigenvalue weighted by atomic mass is 9.99. The Bertz CT molecular complexity index is 2960. The molecule has 60 heavy (non-hydrogen) atoms. The van der Waals surface area contributed by atoms with E-state index >= 15 is 0 Å². The fraction of sp³-hybridized carbons (Fsp3) is 0.151. The molecule has 2 aliphatic heterocycles. The van der Waals surface area contributed by atoms with Gasteiger partial charge in [-0.05, 0) is 140 Å². The minimum Gasteiger partial charge on any atom is -0.494 e. The predicted octanol–water partition coefficient (Wildman–Crippen LogP) is 13.3. The minimum absolute atomic E-state index is 0.184. The molecule has 7 aromatic rings. The van der Waals surface area contributed by atoms with Crippen LogP contribution in [0.2, 0.25) is 0 Å². The van der Waals surface area contributed by atoms with E-state index in [-0.39, 0.29) is 6.42 Å². The van der Waals surface area contributed by atoms with Crippen LogP contribution in [0.5, 0.6) is 5.75 Å². The van der Waals surface area contributed by atoms with Gasteiger partial charge in [0.2, 0.25) is 0 Å². The van der Waals surface area contributed by atoms with Gasteiger partial charge >= 0.3 is 5.97 Å². The van der Waals surface area contributed by atoms with E-state index in [1.165, 1.54) is 5.56 Å². The van der Waals surface area contributed by atoms with Crippen LogP contribution in [0.3, 0.4) is 0 Å². The van der Waals surface area contributed by atoms with Gasteiger partial charge in [-0.3, -0.25) is 4.79 Å². The minimum atomic E-state index is -0.761. The summed E-state index contributed by atoms with van der Waals surface area (Å²) >= 11 is 0. The molecule has 7 heteroatoms. The number of carbonyl (C=O) groups is 1. The SMILES string of the molecule is Cc1ccccc1-c1c2nc(c(-c3ccccc3C)c3ccc([nH]3)c(-c3ccccc3C)c3nc(c(-c4ccc(OCCCCCC(=O)O)cc4)c4ccc1[nH]4)C=C3)C=C2. The van der Waals surface area contributed by atoms with Gasteiger partial charge in [-0.25, -0.2) is 9.97 Å². The number of nitrogens with one attached hydrogen (secondary N) is 2. The van der Waals surface area contributed by atoms with E-state index in [0.29, 0.717) is 13.0 Å². The van der Waals surface area contributed by atoms with Crippen molar-refractivity contribution < 1.29 is 14.6 Å². The number of aryl methyl sites for hydroxylation is 3. The van der Waals surface area contributed by atoms with Crippen molar-refractivity contribution in [3.63, 3.8) is 0 Å². The molecule has 8 bridgehead atoms. The second kappa shape index (κ2) is 16.5. The summed E-state index contributed by atoms with van der Waals surface area (Å²) in [7, 11) is 0. The maximum atomic E-state index is 10.9. The fourth-order valence-electron chi connectivity index (χ4n) is 8.38. The third-order valence-corrected chi connectivity index (χ3v) is 11.4. The van der Waals surface area contributed by atoms with Crippen molar-refractivity contribution in [2.24, 2.45) is 0 Å². The third kappa shape index (κ3) is 7.58. The Morgan fingerprint density at radius 2 is 0.900 bits per heavy atom. The number of rotatable bonds is 11. The van der Waals surface area contributed by atoms with Gasteiger partial charge < -0.3 is 19.8 Å². The summed E-state index contributed by atoms with van der Waals surface area (Å²) in [5, 5.41) is 8.97. The first kappa shape index (κ1) is 38.3. The van der Waals surface area contributed by atoms with Crippen molar-refractivity contribution in [3.8, 4) is 50.3 Å². The topological polar surface area (TPSA) is 104 Å². The van der Waals surface area contributed by atoms with Crippen LogP contribution in [0.25, 0.3) is 90.9 Å². The highest BCUT2D eigenvalue weighted by atomic mass is 16.5. The number of fused-ring (bicyclic) bond motifs is 8. The van der Waals surface area contributed by atoms with Gasteiger partial charge in [0.25, 0.3) is 0 Å². The molecular formula is C53H46N4O3. The van der Waals surface area contributed by atoms with Gasteiger partial charge in [0, 0.05) is 50.7 Å². The lowest BCUT2D eigenvalue weighted by molar-refractivity contribution is -0.137. The summed E-state index contributed by atoms with van der Waals surface area (Å²) in [6, 6.07) is 42.3. The molecule has 0 amide bonds. The standard InChI is InChI=1S/C53H46N4O3/c1-33-13-6-9-16-38(33)51-43-26-24-41(54-43)50(36-20-22-37(23-21-36)60-32-12-4-5-19-49(58)59)42-25-27-44(55-42)52(39-17-10-7-14-34(39)2)46-29-31-48(57-46)53(47-30-28-45(51)56-47)40-18-11-8-15-35(40)3/h6-11,13-18,20-31,54,57H,4-5,12,19,32H2,1-3H3,(H,58,59). The Kier molecular flexibility index (Phi) is 10.6. The summed E-state index contributed by atoms with van der Waals surface area (Å²) in [4.78, 5) is 29.5. The van der Waals surface area contributed by atoms with E-state index in [1.54, 1.807) is 0 Å². The van der Waals surface area contributed by atoms with E-state index in [0.717, 1.165) is 119 Å². The van der Waals surface area contributed by atoms with Crippen LogP contribution in [-0.2, 0) is 4.79 Å². The summed E-state index contributed by atoms with van der Waals surface area (Å²) in [5.74, 6) is 0.00487.